The summed E-state index contributed by atoms with van der Waals surface area (Å²) in [5, 5.41) is 3.24. The molecule has 0 bridgehead atoms. The standard InChI is InChI=1S/C40H49FN6O4/c1-27(2)45-18-16-44(17-19-45)26-29-6-8-30(9-7-29)31-4-3-5-35(23-31)46-38-36(24-32(41)25-42-38)39(49)47(40(46)50)34-12-10-33(11-13-34)43-37(48)22-28-14-20-51-21-15-28/h3-9,23-25,27-28,33-34H,10-22,26H2,1-2H3,(H,43,48)/t33-,34+. The summed E-state index contributed by atoms with van der Waals surface area (Å²) in [6.45, 7) is 11.1. The van der Waals surface area contributed by atoms with Gasteiger partial charge in [-0.2, -0.15) is 0 Å². The summed E-state index contributed by atoms with van der Waals surface area (Å²) in [5.41, 5.74) is 2.82. The van der Waals surface area contributed by atoms with Crippen LogP contribution in [-0.4, -0.2) is 81.3 Å². The van der Waals surface area contributed by atoms with Gasteiger partial charge in [0.15, 0.2) is 5.65 Å². The van der Waals surface area contributed by atoms with Crippen LogP contribution in [0.4, 0.5) is 4.39 Å². The number of carbonyl (C=O) groups excluding carboxylic acids is 1. The van der Waals surface area contributed by atoms with E-state index < -0.39 is 17.1 Å². The van der Waals surface area contributed by atoms with Crippen LogP contribution in [0.3, 0.4) is 0 Å². The Kier molecular flexibility index (Phi) is 10.8. The lowest BCUT2D eigenvalue weighted by Crippen LogP contribution is -2.48. The van der Waals surface area contributed by atoms with Gasteiger partial charge in [0.25, 0.3) is 5.56 Å². The molecule has 1 saturated carbocycles. The molecule has 1 N–H and O–H groups in total. The predicted molar refractivity (Wildman–Crippen MR) is 197 cm³/mol. The Bertz CT molecular complexity index is 1950. The van der Waals surface area contributed by atoms with Gasteiger partial charge in [-0.25, -0.2) is 18.7 Å². The van der Waals surface area contributed by atoms with Crippen LogP contribution in [0.2, 0.25) is 0 Å². The van der Waals surface area contributed by atoms with Crippen LogP contribution in [-0.2, 0) is 16.1 Å². The first-order chi connectivity index (χ1) is 24.7. The Labute approximate surface area is 298 Å². The number of benzene rings is 2. The maximum atomic E-state index is 14.5. The van der Waals surface area contributed by atoms with Gasteiger partial charge in [0.05, 0.1) is 17.3 Å². The van der Waals surface area contributed by atoms with E-state index in [0.29, 0.717) is 63.0 Å². The molecular weight excluding hydrogens is 647 g/mol. The van der Waals surface area contributed by atoms with Gasteiger partial charge in [0, 0.05) is 70.5 Å². The van der Waals surface area contributed by atoms with Crippen LogP contribution in [0.1, 0.15) is 70.4 Å². The lowest BCUT2D eigenvalue weighted by molar-refractivity contribution is -0.123. The van der Waals surface area contributed by atoms with E-state index in [0.717, 1.165) is 62.9 Å². The maximum Gasteiger partial charge on any atom is 0.337 e. The summed E-state index contributed by atoms with van der Waals surface area (Å²) in [6, 6.07) is 17.5. The number of fused-ring (bicyclic) bond motifs is 1. The van der Waals surface area contributed by atoms with Gasteiger partial charge in [0.1, 0.15) is 5.82 Å². The van der Waals surface area contributed by atoms with Crippen LogP contribution in [0.15, 0.2) is 70.4 Å². The SMILES string of the molecule is CC(C)N1CCN(Cc2ccc(-c3cccc(-n4c(=O)n([C@H]5CC[C@@H](NC(=O)CC6CCOCC6)CC5)c(=O)c5cc(F)cnc54)c3)cc2)CC1. The first-order valence-electron chi connectivity index (χ1n) is 18.6. The van der Waals surface area contributed by atoms with Crippen LogP contribution in [0.25, 0.3) is 27.8 Å². The Balaban J connectivity index is 1.10. The second kappa shape index (κ2) is 15.6. The molecule has 2 aromatic carbocycles. The lowest BCUT2D eigenvalue weighted by Gasteiger charge is -2.36. The maximum absolute atomic E-state index is 14.5. The van der Waals surface area contributed by atoms with Gasteiger partial charge >= 0.3 is 5.69 Å². The summed E-state index contributed by atoms with van der Waals surface area (Å²) < 4.78 is 22.7. The highest BCUT2D eigenvalue weighted by atomic mass is 19.1. The highest BCUT2D eigenvalue weighted by Gasteiger charge is 2.29. The fourth-order valence-corrected chi connectivity index (χ4v) is 8.04. The van der Waals surface area contributed by atoms with E-state index in [-0.39, 0.29) is 29.0 Å². The third-order valence-electron chi connectivity index (χ3n) is 11.1. The molecule has 0 atom stereocenters. The Morgan fingerprint density at radius 2 is 1.65 bits per heavy atom. The Morgan fingerprint density at radius 1 is 0.922 bits per heavy atom. The molecule has 1 aliphatic carbocycles. The minimum Gasteiger partial charge on any atom is -0.381 e. The molecule has 7 rings (SSSR count). The van der Waals surface area contributed by atoms with Gasteiger partial charge < -0.3 is 10.1 Å². The topological polar surface area (TPSA) is 102 Å². The van der Waals surface area contributed by atoms with E-state index in [1.54, 1.807) is 0 Å². The molecule has 4 aromatic rings. The summed E-state index contributed by atoms with van der Waals surface area (Å²) in [4.78, 5) is 50.2. The van der Waals surface area contributed by atoms with E-state index in [2.05, 4.69) is 58.2 Å². The fraction of sp³-hybridized carbons (Fsp3) is 0.500. The van der Waals surface area contributed by atoms with Gasteiger partial charge in [-0.1, -0.05) is 36.4 Å². The number of ether oxygens (including phenoxy) is 1. The zero-order valence-corrected chi connectivity index (χ0v) is 29.7. The van der Waals surface area contributed by atoms with Crippen molar-refractivity contribution in [1.82, 2.24) is 29.2 Å². The van der Waals surface area contributed by atoms with Crippen molar-refractivity contribution in [3.05, 3.63) is 93.0 Å². The summed E-state index contributed by atoms with van der Waals surface area (Å²) >= 11 is 0. The summed E-state index contributed by atoms with van der Waals surface area (Å²) in [5.74, 6) is -0.243. The monoisotopic (exact) mass is 696 g/mol. The zero-order chi connectivity index (χ0) is 35.5. The molecule has 10 nitrogen and oxygen atoms in total. The average Bonchev–Trinajstić information content (AvgIpc) is 3.14. The molecule has 2 aliphatic heterocycles. The van der Waals surface area contributed by atoms with Crippen molar-refractivity contribution in [2.75, 3.05) is 39.4 Å². The second-order valence-corrected chi connectivity index (χ2v) is 14.8. The molecule has 2 aromatic heterocycles. The van der Waals surface area contributed by atoms with Crippen LogP contribution < -0.4 is 16.6 Å². The Morgan fingerprint density at radius 3 is 2.35 bits per heavy atom. The number of nitrogens with one attached hydrogen (secondary N) is 1. The molecule has 1 amide bonds. The number of hydrogen-bond donors (Lipinski definition) is 1. The third-order valence-corrected chi connectivity index (χ3v) is 11.1. The van der Waals surface area contributed by atoms with E-state index >= 15 is 0 Å². The van der Waals surface area contributed by atoms with Gasteiger partial charge in [-0.3, -0.25) is 24.0 Å². The van der Waals surface area contributed by atoms with Crippen LogP contribution >= 0.6 is 0 Å². The smallest absolute Gasteiger partial charge is 0.337 e. The number of hydrogen-bond acceptors (Lipinski definition) is 7. The van der Waals surface area contributed by atoms with Crippen molar-refractivity contribution in [1.29, 1.82) is 0 Å². The number of halogens is 1. The molecule has 51 heavy (non-hydrogen) atoms. The van der Waals surface area contributed by atoms with Crippen LogP contribution in [0, 0.1) is 11.7 Å². The van der Waals surface area contributed by atoms with E-state index in [9.17, 15) is 18.8 Å². The van der Waals surface area contributed by atoms with E-state index in [1.807, 2.05) is 24.3 Å². The lowest BCUT2D eigenvalue weighted by atomic mass is 9.90. The highest BCUT2D eigenvalue weighted by molar-refractivity contribution is 5.77. The number of amides is 1. The fourth-order valence-electron chi connectivity index (χ4n) is 8.04. The molecule has 0 unspecified atom stereocenters. The van der Waals surface area contributed by atoms with Gasteiger partial charge in [0.2, 0.25) is 5.91 Å². The molecule has 3 aliphatic rings. The van der Waals surface area contributed by atoms with E-state index in [1.165, 1.54) is 20.8 Å². The number of carbonyl (C=O) groups is 1. The minimum absolute atomic E-state index is 0.00996. The zero-order valence-electron chi connectivity index (χ0n) is 29.7. The minimum atomic E-state index is -0.636. The number of nitrogens with zero attached hydrogens (tertiary/aromatic N) is 5. The van der Waals surface area contributed by atoms with Crippen molar-refractivity contribution in [3.8, 4) is 16.8 Å². The van der Waals surface area contributed by atoms with E-state index in [4.69, 9.17) is 4.74 Å². The highest BCUT2D eigenvalue weighted by Crippen LogP contribution is 2.29. The molecule has 4 heterocycles. The molecule has 0 spiro atoms. The number of aromatic nitrogens is 3. The van der Waals surface area contributed by atoms with Gasteiger partial charge in [-0.05, 0) is 93.2 Å². The van der Waals surface area contributed by atoms with Crippen molar-refractivity contribution in [3.63, 3.8) is 0 Å². The molecule has 11 heteroatoms. The molecule has 270 valence electrons. The van der Waals surface area contributed by atoms with Crippen molar-refractivity contribution >= 4 is 16.9 Å². The number of piperazine rings is 1. The molecular formula is C40H49FN6O4. The molecule has 2 saturated heterocycles. The first-order valence-corrected chi connectivity index (χ1v) is 18.6. The molecule has 0 radical (unpaired) electrons. The summed E-state index contributed by atoms with van der Waals surface area (Å²) in [7, 11) is 0. The number of rotatable bonds is 9. The molecule has 3 fully saturated rings. The quantitative estimate of drug-likeness (QED) is 0.254. The number of pyridine rings is 1. The van der Waals surface area contributed by atoms with Gasteiger partial charge in [-0.15, -0.1) is 0 Å². The average molecular weight is 697 g/mol. The largest absolute Gasteiger partial charge is 0.381 e. The van der Waals surface area contributed by atoms with Crippen molar-refractivity contribution < 1.29 is 13.9 Å². The first kappa shape index (κ1) is 35.2. The second-order valence-electron chi connectivity index (χ2n) is 14.8. The van der Waals surface area contributed by atoms with Crippen LogP contribution in [0.5, 0.6) is 0 Å². The summed E-state index contributed by atoms with van der Waals surface area (Å²) in [6.07, 6.45) is 5.73. The van der Waals surface area contributed by atoms with Crippen molar-refractivity contribution in [2.45, 2.75) is 83.5 Å². The third kappa shape index (κ3) is 8.00. The predicted octanol–water partition coefficient (Wildman–Crippen LogP) is 5.30. The Hall–Kier alpha value is -4.19. The normalized spacial score (nSPS) is 20.9. The van der Waals surface area contributed by atoms with Crippen molar-refractivity contribution in [2.24, 2.45) is 5.92 Å².